The molecule has 5 heteroatoms. The number of nitrogens with one attached hydrogen (secondary N) is 1. The van der Waals surface area contributed by atoms with E-state index < -0.39 is 0 Å². The molecule has 0 fully saturated rings. The van der Waals surface area contributed by atoms with Gasteiger partial charge in [0, 0.05) is 5.38 Å². The fraction of sp³-hybridized carbons (Fsp3) is 0.286. The third kappa shape index (κ3) is 1.05. The van der Waals surface area contributed by atoms with Gasteiger partial charge in [-0.1, -0.05) is 20.7 Å². The first-order valence-electron chi connectivity index (χ1n) is 3.55. The van der Waals surface area contributed by atoms with E-state index in [1.165, 1.54) is 0 Å². The van der Waals surface area contributed by atoms with Crippen LogP contribution in [0.2, 0.25) is 0 Å². The minimum Gasteiger partial charge on any atom is -0.487 e. The molecule has 12 heavy (non-hydrogen) atoms. The van der Waals surface area contributed by atoms with Crippen LogP contribution in [0.5, 0.6) is 5.75 Å². The van der Waals surface area contributed by atoms with Crippen molar-refractivity contribution in [1.82, 2.24) is 4.98 Å². The standard InChI is InChI=1S/C7H7NO2S2/c1-2-10-5-6-4(3-11-12-6)8-7(5)9/h3H,2H2,1H3,(H,8,9). The Labute approximate surface area is 76.4 Å². The average Bonchev–Trinajstić information content (AvgIpc) is 2.56. The molecular formula is C7H7NO2S2. The molecule has 3 nitrogen and oxygen atoms in total. The van der Waals surface area contributed by atoms with E-state index in [0.717, 1.165) is 10.6 Å². The van der Waals surface area contributed by atoms with Gasteiger partial charge in [-0.2, -0.15) is 0 Å². The fourth-order valence-corrected chi connectivity index (χ4v) is 3.16. The molecule has 0 atom stereocenters. The Morgan fingerprint density at radius 3 is 3.25 bits per heavy atom. The summed E-state index contributed by atoms with van der Waals surface area (Å²) in [5.74, 6) is 0.471. The van der Waals surface area contributed by atoms with Crippen molar-refractivity contribution in [3.05, 3.63) is 15.7 Å². The van der Waals surface area contributed by atoms with Crippen molar-refractivity contribution in [2.75, 3.05) is 6.61 Å². The summed E-state index contributed by atoms with van der Waals surface area (Å²) >= 11 is 0. The second kappa shape index (κ2) is 2.91. The maximum atomic E-state index is 11.2. The Morgan fingerprint density at radius 1 is 1.67 bits per heavy atom. The zero-order valence-electron chi connectivity index (χ0n) is 6.42. The fourth-order valence-electron chi connectivity index (χ4n) is 1.02. The molecule has 1 N–H and O–H groups in total. The molecule has 0 aromatic rings. The first-order valence-corrected chi connectivity index (χ1v) is 5.76. The van der Waals surface area contributed by atoms with Crippen molar-refractivity contribution in [3.8, 4) is 16.3 Å². The van der Waals surface area contributed by atoms with Crippen molar-refractivity contribution in [3.63, 3.8) is 0 Å². The molecule has 2 aliphatic heterocycles. The molecule has 2 rings (SSSR count). The van der Waals surface area contributed by atoms with Gasteiger partial charge in [0.25, 0.3) is 5.56 Å². The predicted molar refractivity (Wildman–Crippen MR) is 50.6 cm³/mol. The van der Waals surface area contributed by atoms with Crippen LogP contribution < -0.4 is 10.3 Å². The number of rotatable bonds is 2. The van der Waals surface area contributed by atoms with Crippen LogP contribution in [0.15, 0.2) is 10.2 Å². The molecule has 0 saturated heterocycles. The summed E-state index contributed by atoms with van der Waals surface area (Å²) in [6.07, 6.45) is 0. The Kier molecular flexibility index (Phi) is 1.90. The zero-order valence-corrected chi connectivity index (χ0v) is 8.05. The van der Waals surface area contributed by atoms with E-state index in [1.54, 1.807) is 20.7 Å². The normalized spacial score (nSPS) is 10.8. The van der Waals surface area contributed by atoms with Crippen LogP contribution in [-0.4, -0.2) is 11.6 Å². The summed E-state index contributed by atoms with van der Waals surface area (Å²) in [6, 6.07) is 0. The summed E-state index contributed by atoms with van der Waals surface area (Å²) in [4.78, 5) is 14.9. The van der Waals surface area contributed by atoms with Crippen LogP contribution in [0.25, 0.3) is 10.6 Å². The third-order valence-electron chi connectivity index (χ3n) is 1.49. The zero-order chi connectivity index (χ0) is 8.55. The van der Waals surface area contributed by atoms with E-state index in [2.05, 4.69) is 4.98 Å². The molecule has 2 heterocycles. The SMILES string of the molecule is CCOc1c2sscc-2[nH]c1=O. The van der Waals surface area contributed by atoms with Crippen molar-refractivity contribution in [1.29, 1.82) is 0 Å². The van der Waals surface area contributed by atoms with Crippen LogP contribution in [0.1, 0.15) is 6.92 Å². The van der Waals surface area contributed by atoms with E-state index in [0.29, 0.717) is 12.4 Å². The van der Waals surface area contributed by atoms with Crippen LogP contribution in [0.3, 0.4) is 0 Å². The lowest BCUT2D eigenvalue weighted by atomic mass is 10.4. The second-order valence-electron chi connectivity index (χ2n) is 2.26. The lowest BCUT2D eigenvalue weighted by Gasteiger charge is -1.96. The van der Waals surface area contributed by atoms with Crippen molar-refractivity contribution in [2.45, 2.75) is 6.92 Å². The monoisotopic (exact) mass is 201 g/mol. The maximum absolute atomic E-state index is 11.2. The molecule has 0 spiro atoms. The Morgan fingerprint density at radius 2 is 2.50 bits per heavy atom. The van der Waals surface area contributed by atoms with Gasteiger partial charge in [0.2, 0.25) is 5.75 Å². The van der Waals surface area contributed by atoms with Crippen LogP contribution >= 0.6 is 20.7 Å². The topological polar surface area (TPSA) is 42.1 Å². The molecular weight excluding hydrogens is 194 g/mol. The van der Waals surface area contributed by atoms with Gasteiger partial charge in [-0.3, -0.25) is 4.79 Å². The van der Waals surface area contributed by atoms with Crippen molar-refractivity contribution < 1.29 is 4.74 Å². The van der Waals surface area contributed by atoms with Crippen LogP contribution in [0.4, 0.5) is 0 Å². The van der Waals surface area contributed by atoms with E-state index >= 15 is 0 Å². The largest absolute Gasteiger partial charge is 0.487 e. The predicted octanol–water partition coefficient (Wildman–Crippen LogP) is 2.00. The first kappa shape index (κ1) is 7.82. The van der Waals surface area contributed by atoms with E-state index in [9.17, 15) is 4.79 Å². The second-order valence-corrected chi connectivity index (χ2v) is 4.34. The molecule has 64 valence electrons. The Bertz CT molecular complexity index is 400. The van der Waals surface area contributed by atoms with Gasteiger partial charge in [0.15, 0.2) is 0 Å². The summed E-state index contributed by atoms with van der Waals surface area (Å²) in [5.41, 5.74) is 0.768. The van der Waals surface area contributed by atoms with Gasteiger partial charge >= 0.3 is 0 Å². The third-order valence-corrected chi connectivity index (χ3v) is 3.57. The first-order chi connectivity index (χ1) is 5.83. The van der Waals surface area contributed by atoms with E-state index in [1.807, 2.05) is 12.3 Å². The number of aromatic nitrogens is 1. The molecule has 0 aromatic heterocycles. The lowest BCUT2D eigenvalue weighted by Crippen LogP contribution is -2.04. The molecule has 0 aromatic carbocycles. The summed E-state index contributed by atoms with van der Waals surface area (Å²) in [5, 5.41) is 1.92. The molecule has 2 aliphatic rings. The van der Waals surface area contributed by atoms with Crippen molar-refractivity contribution >= 4 is 20.7 Å². The molecule has 0 radical (unpaired) electrons. The highest BCUT2D eigenvalue weighted by Crippen LogP contribution is 2.36. The van der Waals surface area contributed by atoms with Gasteiger partial charge < -0.3 is 9.72 Å². The van der Waals surface area contributed by atoms with Crippen LogP contribution in [0, 0.1) is 0 Å². The minimum atomic E-state index is -0.120. The number of hydrogen-bond donors (Lipinski definition) is 1. The van der Waals surface area contributed by atoms with Gasteiger partial charge in [0.1, 0.15) is 4.88 Å². The van der Waals surface area contributed by atoms with Crippen molar-refractivity contribution in [2.24, 2.45) is 0 Å². The minimum absolute atomic E-state index is 0.120. The Balaban J connectivity index is 2.58. The average molecular weight is 201 g/mol. The number of fused-ring (bicyclic) bond motifs is 1. The number of H-pyrrole nitrogens is 1. The van der Waals surface area contributed by atoms with Gasteiger partial charge in [-0.05, 0) is 6.92 Å². The highest BCUT2D eigenvalue weighted by atomic mass is 32.9. The van der Waals surface area contributed by atoms with E-state index in [4.69, 9.17) is 4.74 Å². The van der Waals surface area contributed by atoms with Gasteiger partial charge in [-0.25, -0.2) is 0 Å². The summed E-state index contributed by atoms with van der Waals surface area (Å²) in [6.45, 7) is 2.40. The smallest absolute Gasteiger partial charge is 0.292 e. The summed E-state index contributed by atoms with van der Waals surface area (Å²) in [7, 11) is 3.16. The summed E-state index contributed by atoms with van der Waals surface area (Å²) < 4.78 is 5.22. The molecule has 0 saturated carbocycles. The number of aromatic amines is 1. The van der Waals surface area contributed by atoms with Gasteiger partial charge in [0.05, 0.1) is 12.3 Å². The maximum Gasteiger partial charge on any atom is 0.292 e. The quantitative estimate of drug-likeness (QED) is 0.755. The Hall–Kier alpha value is -0.810. The van der Waals surface area contributed by atoms with E-state index in [-0.39, 0.29) is 5.56 Å². The molecule has 0 aliphatic carbocycles. The number of ether oxygens (including phenoxy) is 1. The molecule has 0 bridgehead atoms. The molecule has 0 amide bonds. The lowest BCUT2D eigenvalue weighted by molar-refractivity contribution is 0.339. The highest BCUT2D eigenvalue weighted by molar-refractivity contribution is 7.70. The van der Waals surface area contributed by atoms with Crippen LogP contribution in [-0.2, 0) is 0 Å². The highest BCUT2D eigenvalue weighted by Gasteiger charge is 2.17. The molecule has 0 unspecified atom stereocenters. The number of hydrogen-bond acceptors (Lipinski definition) is 4. The van der Waals surface area contributed by atoms with Gasteiger partial charge in [-0.15, -0.1) is 0 Å².